The summed E-state index contributed by atoms with van der Waals surface area (Å²) < 4.78 is 1.52. The molecule has 2 nitrogen and oxygen atoms in total. The van der Waals surface area contributed by atoms with E-state index >= 15 is 0 Å². The molecule has 0 amide bonds. The summed E-state index contributed by atoms with van der Waals surface area (Å²) in [5.41, 5.74) is 21.4. The second-order valence-electron chi connectivity index (χ2n) is 10.1. The predicted molar refractivity (Wildman–Crippen MR) is 173 cm³/mol. The van der Waals surface area contributed by atoms with Crippen LogP contribution in [0.15, 0.2) is 59.7 Å². The van der Waals surface area contributed by atoms with Gasteiger partial charge < -0.3 is 19.4 Å². The van der Waals surface area contributed by atoms with Gasteiger partial charge >= 0.3 is 20.4 Å². The molecule has 2 aromatic carbocycles. The Bertz CT molecular complexity index is 1010. The molecule has 40 heavy (non-hydrogen) atoms. The molecule has 3 rings (SSSR count). The smallest absolute Gasteiger partial charge is 0.493 e. The van der Waals surface area contributed by atoms with Gasteiger partial charge in [-0.15, -0.1) is 0 Å². The first-order chi connectivity index (χ1) is 19.1. The third-order valence-corrected chi connectivity index (χ3v) is 7.26. The number of allylic oxidation sites excluding steroid dienone is 2. The average Bonchev–Trinajstić information content (AvgIpc) is 3.27. The topological polar surface area (TPSA) is 25.3 Å². The van der Waals surface area contributed by atoms with E-state index in [-0.39, 0.29) is 20.4 Å². The van der Waals surface area contributed by atoms with Gasteiger partial charge in [0, 0.05) is 22.3 Å². The van der Waals surface area contributed by atoms with Crippen molar-refractivity contribution in [2.75, 3.05) is 0 Å². The molecular weight excluding hydrogens is 579 g/mol. The standard InChI is InChI=1S/C33H46N2.2C2H5.Pd/c1-5-9-13-15-27-20-24-29(25-21-27)33-31(17-12-8-4)30(16-11-7-3)32(35(33)34)28-22-18-26(19-23-28)14-10-6-2;2*1-2;/h18-25H,5-17H2,1-4H3;2*1H2,2H3;/q;2*-1;+2. The van der Waals surface area contributed by atoms with E-state index in [0.29, 0.717) is 0 Å². The van der Waals surface area contributed by atoms with Gasteiger partial charge in [-0.05, 0) is 86.8 Å². The van der Waals surface area contributed by atoms with Crippen molar-refractivity contribution >= 4 is 11.4 Å². The summed E-state index contributed by atoms with van der Waals surface area (Å²) in [5.74, 6) is 0. The Morgan fingerprint density at radius 1 is 0.500 bits per heavy atom. The number of hydrogen-bond acceptors (Lipinski definition) is 0. The molecule has 224 valence electrons. The van der Waals surface area contributed by atoms with E-state index < -0.39 is 0 Å². The summed E-state index contributed by atoms with van der Waals surface area (Å²) in [6.07, 6.45) is 15.1. The van der Waals surface area contributed by atoms with Crippen molar-refractivity contribution in [2.24, 2.45) is 0 Å². The average molecular weight is 635 g/mol. The number of aryl methyl sites for hydroxylation is 2. The Morgan fingerprint density at radius 2 is 0.825 bits per heavy atom. The van der Waals surface area contributed by atoms with E-state index in [1.54, 1.807) is 13.8 Å². The van der Waals surface area contributed by atoms with Crippen LogP contribution in [0.25, 0.3) is 16.9 Å². The molecule has 0 N–H and O–H groups in total. The molecule has 0 atom stereocenters. The first kappa shape index (κ1) is 38.2. The van der Waals surface area contributed by atoms with Crippen LogP contribution in [0.2, 0.25) is 0 Å². The van der Waals surface area contributed by atoms with Crippen LogP contribution in [0.5, 0.6) is 0 Å². The first-order valence-corrected chi connectivity index (χ1v) is 15.7. The molecule has 0 radical (unpaired) electrons. The third kappa shape index (κ3) is 11.2. The maximum Gasteiger partial charge on any atom is 2.00 e. The van der Waals surface area contributed by atoms with Crippen LogP contribution in [0.3, 0.4) is 0 Å². The van der Waals surface area contributed by atoms with Gasteiger partial charge in [-0.1, -0.05) is 84.1 Å². The Morgan fingerprint density at radius 3 is 1.18 bits per heavy atom. The van der Waals surface area contributed by atoms with E-state index in [9.17, 15) is 5.53 Å². The van der Waals surface area contributed by atoms with Crippen LogP contribution >= 0.6 is 0 Å². The molecule has 0 bridgehead atoms. The number of rotatable bonds is 15. The van der Waals surface area contributed by atoms with Gasteiger partial charge in [0.15, 0.2) is 0 Å². The van der Waals surface area contributed by atoms with Crippen molar-refractivity contribution in [3.8, 4) is 0 Å². The molecule has 0 unspecified atom stereocenters. The molecule has 0 spiro atoms. The third-order valence-electron chi connectivity index (χ3n) is 7.26. The number of benzene rings is 2. The normalized spacial score (nSPS) is 12.4. The van der Waals surface area contributed by atoms with Gasteiger partial charge in [0.25, 0.3) is 0 Å². The fourth-order valence-corrected chi connectivity index (χ4v) is 5.11. The van der Waals surface area contributed by atoms with Crippen LogP contribution in [0.1, 0.15) is 134 Å². The van der Waals surface area contributed by atoms with Gasteiger partial charge in [-0.2, -0.15) is 13.8 Å². The van der Waals surface area contributed by atoms with E-state index in [4.69, 9.17) is 0 Å². The zero-order chi connectivity index (χ0) is 29.0. The second-order valence-corrected chi connectivity index (χ2v) is 10.1. The Labute approximate surface area is 261 Å². The fourth-order valence-electron chi connectivity index (χ4n) is 5.11. The monoisotopic (exact) mass is 634 g/mol. The molecule has 1 aliphatic heterocycles. The molecular formula is C37H56N2Pd. The SMILES string of the molecule is CCCCCc1ccc(C2=C(CCCC)C(CCCC)=C(c3ccc(CCCC)cc3)[N+]2=[N-])cc1.[CH2-]C.[CH2-]C.[Pd+2]. The van der Waals surface area contributed by atoms with Crippen molar-refractivity contribution in [1.29, 1.82) is 0 Å². The summed E-state index contributed by atoms with van der Waals surface area (Å²) in [4.78, 5) is 0. The first-order valence-electron chi connectivity index (χ1n) is 15.7. The van der Waals surface area contributed by atoms with E-state index in [1.165, 1.54) is 59.1 Å². The molecule has 1 heterocycles. The molecule has 0 saturated carbocycles. The molecule has 3 heteroatoms. The summed E-state index contributed by atoms with van der Waals surface area (Å²) in [6.45, 7) is 19.0. The number of nitrogens with zero attached hydrogens (tertiary/aromatic N) is 2. The summed E-state index contributed by atoms with van der Waals surface area (Å²) in [6, 6.07) is 17.9. The van der Waals surface area contributed by atoms with E-state index in [1.807, 2.05) is 0 Å². The summed E-state index contributed by atoms with van der Waals surface area (Å²) in [7, 11) is 0. The molecule has 2 aromatic rings. The maximum atomic E-state index is 11.7. The zero-order valence-electron chi connectivity index (χ0n) is 26.4. The van der Waals surface area contributed by atoms with Gasteiger partial charge in [0.05, 0.1) is 0 Å². The fraction of sp³-hybridized carbons (Fsp3) is 0.514. The van der Waals surface area contributed by atoms with E-state index in [0.717, 1.165) is 73.9 Å². The maximum absolute atomic E-state index is 11.7. The van der Waals surface area contributed by atoms with Gasteiger partial charge in [0.1, 0.15) is 0 Å². The predicted octanol–water partition coefficient (Wildman–Crippen LogP) is 12.0. The van der Waals surface area contributed by atoms with Crippen molar-refractivity contribution in [3.63, 3.8) is 0 Å². The minimum Gasteiger partial charge on any atom is -0.493 e. The molecule has 0 saturated heterocycles. The quantitative estimate of drug-likeness (QED) is 0.0806. The number of unbranched alkanes of at least 4 members (excludes halogenated alkanes) is 5. The van der Waals surface area contributed by atoms with Crippen molar-refractivity contribution in [2.45, 2.75) is 125 Å². The van der Waals surface area contributed by atoms with Gasteiger partial charge in [-0.25, -0.2) is 4.70 Å². The van der Waals surface area contributed by atoms with E-state index in [2.05, 4.69) is 90.1 Å². The summed E-state index contributed by atoms with van der Waals surface area (Å²) in [5, 5.41) is 0. The van der Waals surface area contributed by atoms with Gasteiger partial charge in [0.2, 0.25) is 11.4 Å². The van der Waals surface area contributed by atoms with Crippen molar-refractivity contribution < 1.29 is 25.1 Å². The minimum absolute atomic E-state index is 0. The largest absolute Gasteiger partial charge is 2.00 e. The Balaban J connectivity index is 0.00000291. The molecule has 0 aromatic heterocycles. The van der Waals surface area contributed by atoms with Crippen LogP contribution in [-0.4, -0.2) is 4.70 Å². The van der Waals surface area contributed by atoms with Crippen LogP contribution < -0.4 is 0 Å². The second kappa shape index (κ2) is 22.8. The summed E-state index contributed by atoms with van der Waals surface area (Å²) >= 11 is 0. The van der Waals surface area contributed by atoms with Crippen LogP contribution in [0, 0.1) is 13.8 Å². The Hall–Kier alpha value is -1.82. The van der Waals surface area contributed by atoms with Gasteiger partial charge in [-0.3, -0.25) is 0 Å². The molecule has 0 aliphatic carbocycles. The molecule has 1 aliphatic rings. The Kier molecular flexibility index (Phi) is 21.8. The molecule has 0 fully saturated rings. The van der Waals surface area contributed by atoms with Crippen LogP contribution in [0.4, 0.5) is 0 Å². The zero-order valence-corrected chi connectivity index (χ0v) is 28.0. The van der Waals surface area contributed by atoms with Crippen LogP contribution in [-0.2, 0) is 33.3 Å². The minimum atomic E-state index is 0. The number of hydrogen-bond donors (Lipinski definition) is 0. The van der Waals surface area contributed by atoms with Crippen molar-refractivity contribution in [1.82, 2.24) is 0 Å². The van der Waals surface area contributed by atoms with Crippen molar-refractivity contribution in [3.05, 3.63) is 101 Å².